The van der Waals surface area contributed by atoms with Crippen LogP contribution in [0.1, 0.15) is 5.56 Å². The number of nitro benzene ring substituents is 1. The third kappa shape index (κ3) is 2.31. The normalized spacial score (nSPS) is 10.0. The molecule has 5 heteroatoms. The van der Waals surface area contributed by atoms with Crippen molar-refractivity contribution >= 4 is 23.4 Å². The number of hydrogen-bond donors (Lipinski definition) is 0. The Morgan fingerprint density at radius 3 is 2.79 bits per heavy atom. The molecule has 0 unspecified atom stereocenters. The van der Waals surface area contributed by atoms with E-state index in [2.05, 4.69) is 0 Å². The van der Waals surface area contributed by atoms with E-state index in [-0.39, 0.29) is 10.7 Å². The van der Waals surface area contributed by atoms with Gasteiger partial charge in [0, 0.05) is 18.2 Å². The van der Waals surface area contributed by atoms with Gasteiger partial charge in [-0.1, -0.05) is 11.6 Å². The maximum atomic E-state index is 10.4. The summed E-state index contributed by atoms with van der Waals surface area (Å²) in [4.78, 5) is 9.83. The molecule has 70 valence electrons. The van der Waals surface area contributed by atoms with Crippen LogP contribution in [0.25, 0.3) is 6.08 Å². The molecule has 0 saturated carbocycles. The Labute approximate surface area is 85.2 Å². The summed E-state index contributed by atoms with van der Waals surface area (Å²) in [5, 5.41) is 18.9. The van der Waals surface area contributed by atoms with E-state index >= 15 is 0 Å². The van der Waals surface area contributed by atoms with Gasteiger partial charge in [0.2, 0.25) is 0 Å². The van der Waals surface area contributed by atoms with Crippen LogP contribution in [0.4, 0.5) is 5.69 Å². The highest BCUT2D eigenvalue weighted by atomic mass is 35.5. The highest BCUT2D eigenvalue weighted by Crippen LogP contribution is 2.23. The average Bonchev–Trinajstić information content (AvgIpc) is 2.15. The summed E-state index contributed by atoms with van der Waals surface area (Å²) in [5.41, 5.74) is 0.517. The largest absolute Gasteiger partial charge is 0.270 e. The topological polar surface area (TPSA) is 66.9 Å². The molecule has 0 aliphatic carbocycles. The molecule has 1 rings (SSSR count). The zero-order chi connectivity index (χ0) is 10.6. The van der Waals surface area contributed by atoms with Crippen LogP contribution in [0.15, 0.2) is 24.3 Å². The summed E-state index contributed by atoms with van der Waals surface area (Å²) in [5.74, 6) is 0. The lowest BCUT2D eigenvalue weighted by Gasteiger charge is -1.96. The fraction of sp³-hybridized carbons (Fsp3) is 0. The summed E-state index contributed by atoms with van der Waals surface area (Å²) in [6.07, 6.45) is 2.75. The van der Waals surface area contributed by atoms with Gasteiger partial charge in [0.05, 0.1) is 16.0 Å². The lowest BCUT2D eigenvalue weighted by atomic mass is 10.2. The molecule has 0 aliphatic heterocycles. The minimum absolute atomic E-state index is 0.0656. The number of nitriles is 1. The van der Waals surface area contributed by atoms with Gasteiger partial charge >= 0.3 is 0 Å². The molecule has 0 amide bonds. The first kappa shape index (κ1) is 10.2. The predicted octanol–water partition coefficient (Wildman–Crippen LogP) is 2.78. The molecule has 0 heterocycles. The van der Waals surface area contributed by atoms with Crippen molar-refractivity contribution in [3.8, 4) is 6.07 Å². The third-order valence-corrected chi connectivity index (χ3v) is 1.86. The van der Waals surface area contributed by atoms with Crippen LogP contribution in [0.3, 0.4) is 0 Å². The number of benzene rings is 1. The van der Waals surface area contributed by atoms with E-state index < -0.39 is 4.92 Å². The van der Waals surface area contributed by atoms with Crippen LogP contribution in [-0.4, -0.2) is 4.92 Å². The van der Waals surface area contributed by atoms with Crippen molar-refractivity contribution in [3.05, 3.63) is 45.0 Å². The molecule has 0 spiro atoms. The molecule has 0 aromatic heterocycles. The Kier molecular flexibility index (Phi) is 3.21. The summed E-state index contributed by atoms with van der Waals surface area (Å²) in [6.45, 7) is 0. The highest BCUT2D eigenvalue weighted by Gasteiger charge is 2.07. The average molecular weight is 209 g/mol. The van der Waals surface area contributed by atoms with Gasteiger partial charge in [0.15, 0.2) is 0 Å². The smallest absolute Gasteiger partial charge is 0.258 e. The molecule has 14 heavy (non-hydrogen) atoms. The molecular weight excluding hydrogens is 204 g/mol. The second-order valence-corrected chi connectivity index (χ2v) is 2.83. The van der Waals surface area contributed by atoms with E-state index in [9.17, 15) is 10.1 Å². The summed E-state index contributed by atoms with van der Waals surface area (Å²) >= 11 is 5.74. The molecule has 0 N–H and O–H groups in total. The number of non-ortho nitro benzene ring substituents is 1. The van der Waals surface area contributed by atoms with E-state index in [4.69, 9.17) is 16.9 Å². The fourth-order valence-corrected chi connectivity index (χ4v) is 1.13. The number of allylic oxidation sites excluding steroid dienone is 1. The van der Waals surface area contributed by atoms with Gasteiger partial charge in [-0.15, -0.1) is 0 Å². The molecular formula is C9H5ClN2O2. The van der Waals surface area contributed by atoms with E-state index in [0.717, 1.165) is 0 Å². The molecule has 0 fully saturated rings. The maximum absolute atomic E-state index is 10.4. The second-order valence-electron chi connectivity index (χ2n) is 2.43. The van der Waals surface area contributed by atoms with Crippen LogP contribution in [-0.2, 0) is 0 Å². The van der Waals surface area contributed by atoms with E-state index in [1.165, 1.54) is 30.4 Å². The van der Waals surface area contributed by atoms with Crippen molar-refractivity contribution < 1.29 is 4.92 Å². The van der Waals surface area contributed by atoms with Crippen LogP contribution >= 0.6 is 11.6 Å². The Morgan fingerprint density at radius 1 is 1.57 bits per heavy atom. The first-order chi connectivity index (χ1) is 6.65. The lowest BCUT2D eigenvalue weighted by molar-refractivity contribution is -0.384. The van der Waals surface area contributed by atoms with Crippen molar-refractivity contribution in [2.45, 2.75) is 0 Å². The van der Waals surface area contributed by atoms with Gasteiger partial charge in [-0.25, -0.2) is 0 Å². The minimum Gasteiger partial charge on any atom is -0.258 e. The van der Waals surface area contributed by atoms with E-state index in [0.29, 0.717) is 5.56 Å². The zero-order valence-corrected chi connectivity index (χ0v) is 7.73. The summed E-state index contributed by atoms with van der Waals surface area (Å²) in [6, 6.07) is 5.89. The Hall–Kier alpha value is -1.86. The number of halogens is 1. The molecule has 1 aromatic rings. The van der Waals surface area contributed by atoms with Crippen LogP contribution in [0, 0.1) is 21.4 Å². The highest BCUT2D eigenvalue weighted by molar-refractivity contribution is 6.32. The Bertz CT molecular complexity index is 435. The van der Waals surface area contributed by atoms with Crippen LogP contribution in [0.5, 0.6) is 0 Å². The first-order valence-electron chi connectivity index (χ1n) is 3.65. The van der Waals surface area contributed by atoms with Gasteiger partial charge in [0.25, 0.3) is 5.69 Å². The maximum Gasteiger partial charge on any atom is 0.270 e. The molecule has 0 radical (unpaired) electrons. The number of nitro groups is 1. The third-order valence-electron chi connectivity index (χ3n) is 1.53. The van der Waals surface area contributed by atoms with Gasteiger partial charge in [-0.3, -0.25) is 10.1 Å². The molecule has 0 saturated heterocycles. The second kappa shape index (κ2) is 4.40. The standard InChI is InChI=1S/C9H5ClN2O2/c10-9-6-8(12(13)14)4-3-7(9)2-1-5-11/h1-4,6H. The zero-order valence-electron chi connectivity index (χ0n) is 6.98. The SMILES string of the molecule is N#CC=Cc1ccc([N+](=O)[O-])cc1Cl. The molecule has 1 aromatic carbocycles. The van der Waals surface area contributed by atoms with E-state index in [1.54, 1.807) is 0 Å². The van der Waals surface area contributed by atoms with Crippen molar-refractivity contribution in [1.29, 1.82) is 5.26 Å². The van der Waals surface area contributed by atoms with Gasteiger partial charge < -0.3 is 0 Å². The lowest BCUT2D eigenvalue weighted by Crippen LogP contribution is -1.87. The van der Waals surface area contributed by atoms with Crippen molar-refractivity contribution in [2.75, 3.05) is 0 Å². The minimum atomic E-state index is -0.524. The number of hydrogen-bond acceptors (Lipinski definition) is 3. The first-order valence-corrected chi connectivity index (χ1v) is 4.03. The quantitative estimate of drug-likeness (QED) is 0.426. The van der Waals surface area contributed by atoms with Gasteiger partial charge in [-0.05, 0) is 17.7 Å². The molecule has 0 atom stereocenters. The molecule has 0 aliphatic rings. The fourth-order valence-electron chi connectivity index (χ4n) is 0.892. The number of rotatable bonds is 2. The molecule has 0 bridgehead atoms. The number of nitrogens with zero attached hydrogens (tertiary/aromatic N) is 2. The van der Waals surface area contributed by atoms with E-state index in [1.807, 2.05) is 6.07 Å². The summed E-state index contributed by atoms with van der Waals surface area (Å²) in [7, 11) is 0. The van der Waals surface area contributed by atoms with Crippen molar-refractivity contribution in [2.24, 2.45) is 0 Å². The monoisotopic (exact) mass is 208 g/mol. The summed E-state index contributed by atoms with van der Waals surface area (Å²) < 4.78 is 0. The Balaban J connectivity index is 3.09. The van der Waals surface area contributed by atoms with Crippen molar-refractivity contribution in [1.82, 2.24) is 0 Å². The van der Waals surface area contributed by atoms with Gasteiger partial charge in [-0.2, -0.15) is 5.26 Å². The predicted molar refractivity (Wildman–Crippen MR) is 52.8 cm³/mol. The molecule has 4 nitrogen and oxygen atoms in total. The van der Waals surface area contributed by atoms with Crippen LogP contribution in [0.2, 0.25) is 5.02 Å². The van der Waals surface area contributed by atoms with Crippen LogP contribution < -0.4 is 0 Å². The van der Waals surface area contributed by atoms with Crippen molar-refractivity contribution in [3.63, 3.8) is 0 Å². The Morgan fingerprint density at radius 2 is 2.29 bits per heavy atom. The van der Waals surface area contributed by atoms with Gasteiger partial charge in [0.1, 0.15) is 0 Å².